The van der Waals surface area contributed by atoms with Crippen molar-refractivity contribution in [3.63, 3.8) is 0 Å². The lowest BCUT2D eigenvalue weighted by Crippen LogP contribution is -2.40. The average molecular weight is 425 g/mol. The van der Waals surface area contributed by atoms with Crippen LogP contribution in [0.4, 0.5) is 0 Å². The normalized spacial score (nSPS) is 11.2. The van der Waals surface area contributed by atoms with Gasteiger partial charge in [-0.25, -0.2) is 9.78 Å². The quantitative estimate of drug-likeness (QED) is 0.505. The SMILES string of the molecule is Cn1c(=O)n(Cc2cccc(Br)c2)c(=O)c2c1ncn2Cc1ccccc1. The molecule has 4 rings (SSSR count). The number of aryl methyl sites for hydroxylation is 1. The van der Waals surface area contributed by atoms with E-state index in [1.54, 1.807) is 17.9 Å². The van der Waals surface area contributed by atoms with E-state index in [0.717, 1.165) is 15.6 Å². The molecule has 7 heteroatoms. The zero-order valence-corrected chi connectivity index (χ0v) is 16.3. The van der Waals surface area contributed by atoms with Gasteiger partial charge in [0.05, 0.1) is 12.9 Å². The van der Waals surface area contributed by atoms with Crippen LogP contribution in [0.25, 0.3) is 11.2 Å². The smallest absolute Gasteiger partial charge is 0.320 e. The number of rotatable bonds is 4. The Hall–Kier alpha value is -2.93. The third-order valence-electron chi connectivity index (χ3n) is 4.53. The summed E-state index contributed by atoms with van der Waals surface area (Å²) in [5.41, 5.74) is 2.04. The first-order valence-electron chi connectivity index (χ1n) is 8.47. The summed E-state index contributed by atoms with van der Waals surface area (Å²) in [4.78, 5) is 30.2. The van der Waals surface area contributed by atoms with E-state index in [1.807, 2.05) is 54.6 Å². The summed E-state index contributed by atoms with van der Waals surface area (Å²) in [7, 11) is 1.64. The number of hydrogen-bond acceptors (Lipinski definition) is 3. The Kier molecular flexibility index (Phi) is 4.53. The summed E-state index contributed by atoms with van der Waals surface area (Å²) in [6.45, 7) is 0.721. The summed E-state index contributed by atoms with van der Waals surface area (Å²) < 4.78 is 5.38. The van der Waals surface area contributed by atoms with Crippen molar-refractivity contribution in [2.75, 3.05) is 0 Å². The molecule has 4 aromatic rings. The molecule has 2 heterocycles. The second kappa shape index (κ2) is 7.00. The topological polar surface area (TPSA) is 61.8 Å². The van der Waals surface area contributed by atoms with Gasteiger partial charge >= 0.3 is 5.69 Å². The van der Waals surface area contributed by atoms with Gasteiger partial charge in [0.15, 0.2) is 11.2 Å². The standard InChI is InChI=1S/C20H17BrN4O2/c1-23-18-17(24(13-22-18)11-14-6-3-2-4-7-14)19(26)25(20(23)27)12-15-8-5-9-16(21)10-15/h2-10,13H,11-12H2,1H3. The van der Waals surface area contributed by atoms with Gasteiger partial charge in [-0.3, -0.25) is 13.9 Å². The molecule has 0 spiro atoms. The van der Waals surface area contributed by atoms with Crippen molar-refractivity contribution in [2.45, 2.75) is 13.1 Å². The fraction of sp³-hybridized carbons (Fsp3) is 0.150. The van der Waals surface area contributed by atoms with Crippen LogP contribution >= 0.6 is 15.9 Å². The van der Waals surface area contributed by atoms with Gasteiger partial charge in [0.1, 0.15) is 0 Å². The molecule has 0 N–H and O–H groups in total. The maximum atomic E-state index is 13.1. The Labute approximate surface area is 163 Å². The van der Waals surface area contributed by atoms with E-state index >= 15 is 0 Å². The molecular weight excluding hydrogens is 408 g/mol. The molecule has 0 aliphatic carbocycles. The molecule has 0 saturated carbocycles. The molecule has 0 unspecified atom stereocenters. The first kappa shape index (κ1) is 17.5. The zero-order valence-electron chi connectivity index (χ0n) is 14.7. The molecule has 0 saturated heterocycles. The predicted octanol–water partition coefficient (Wildman–Crippen LogP) is 2.76. The Morgan fingerprint density at radius 1 is 0.963 bits per heavy atom. The molecule has 6 nitrogen and oxygen atoms in total. The maximum absolute atomic E-state index is 13.1. The Morgan fingerprint density at radius 2 is 1.70 bits per heavy atom. The molecular formula is C20H17BrN4O2. The van der Waals surface area contributed by atoms with E-state index in [4.69, 9.17) is 0 Å². The summed E-state index contributed by atoms with van der Waals surface area (Å²) in [5, 5.41) is 0. The Balaban J connectivity index is 1.86. The minimum atomic E-state index is -0.377. The van der Waals surface area contributed by atoms with E-state index in [-0.39, 0.29) is 17.8 Å². The van der Waals surface area contributed by atoms with E-state index in [2.05, 4.69) is 20.9 Å². The molecule has 0 radical (unpaired) electrons. The van der Waals surface area contributed by atoms with Crippen LogP contribution in [0.15, 0.2) is 75.0 Å². The highest BCUT2D eigenvalue weighted by Gasteiger charge is 2.16. The monoisotopic (exact) mass is 424 g/mol. The van der Waals surface area contributed by atoms with Crippen molar-refractivity contribution < 1.29 is 0 Å². The highest BCUT2D eigenvalue weighted by atomic mass is 79.9. The molecule has 136 valence electrons. The number of aromatic nitrogens is 4. The molecule has 0 amide bonds. The average Bonchev–Trinajstić information content (AvgIpc) is 3.08. The Bertz CT molecular complexity index is 1240. The molecule has 2 aromatic heterocycles. The number of nitrogens with zero attached hydrogens (tertiary/aromatic N) is 4. The van der Waals surface area contributed by atoms with Crippen LogP contribution in [0.2, 0.25) is 0 Å². The van der Waals surface area contributed by atoms with Gasteiger partial charge in [-0.15, -0.1) is 0 Å². The fourth-order valence-electron chi connectivity index (χ4n) is 3.18. The van der Waals surface area contributed by atoms with Crippen LogP contribution in [0.3, 0.4) is 0 Å². The van der Waals surface area contributed by atoms with Crippen molar-refractivity contribution >= 4 is 27.1 Å². The van der Waals surface area contributed by atoms with Crippen molar-refractivity contribution in [3.05, 3.63) is 97.4 Å². The van der Waals surface area contributed by atoms with Gasteiger partial charge in [-0.05, 0) is 23.3 Å². The zero-order chi connectivity index (χ0) is 19.0. The van der Waals surface area contributed by atoms with E-state index in [9.17, 15) is 9.59 Å². The summed E-state index contributed by atoms with van der Waals surface area (Å²) in [6.07, 6.45) is 1.61. The molecule has 0 bridgehead atoms. The lowest BCUT2D eigenvalue weighted by Gasteiger charge is -2.10. The van der Waals surface area contributed by atoms with Crippen LogP contribution in [-0.4, -0.2) is 18.7 Å². The van der Waals surface area contributed by atoms with Gasteiger partial charge in [0, 0.05) is 18.1 Å². The second-order valence-electron chi connectivity index (χ2n) is 6.39. The molecule has 0 fully saturated rings. The van der Waals surface area contributed by atoms with Crippen LogP contribution < -0.4 is 11.2 Å². The maximum Gasteiger partial charge on any atom is 0.332 e. The van der Waals surface area contributed by atoms with Gasteiger partial charge < -0.3 is 4.57 Å². The van der Waals surface area contributed by atoms with Crippen molar-refractivity contribution in [2.24, 2.45) is 7.05 Å². The Morgan fingerprint density at radius 3 is 2.44 bits per heavy atom. The highest BCUT2D eigenvalue weighted by Crippen LogP contribution is 2.13. The lowest BCUT2D eigenvalue weighted by molar-refractivity contribution is 0.653. The minimum absolute atomic E-state index is 0.206. The largest absolute Gasteiger partial charge is 0.332 e. The van der Waals surface area contributed by atoms with Crippen LogP contribution in [0.1, 0.15) is 11.1 Å². The fourth-order valence-corrected chi connectivity index (χ4v) is 3.63. The second-order valence-corrected chi connectivity index (χ2v) is 7.31. The molecule has 0 aliphatic heterocycles. The van der Waals surface area contributed by atoms with E-state index in [1.165, 1.54) is 9.13 Å². The first-order valence-corrected chi connectivity index (χ1v) is 9.27. The molecule has 0 aliphatic rings. The number of imidazole rings is 1. The highest BCUT2D eigenvalue weighted by molar-refractivity contribution is 9.10. The van der Waals surface area contributed by atoms with Gasteiger partial charge in [0.2, 0.25) is 0 Å². The van der Waals surface area contributed by atoms with Gasteiger partial charge in [-0.1, -0.05) is 58.4 Å². The molecule has 0 atom stereocenters. The van der Waals surface area contributed by atoms with Gasteiger partial charge in [0.25, 0.3) is 5.56 Å². The third kappa shape index (κ3) is 3.26. The number of halogens is 1. The lowest BCUT2D eigenvalue weighted by atomic mass is 10.2. The van der Waals surface area contributed by atoms with E-state index in [0.29, 0.717) is 17.7 Å². The molecule has 27 heavy (non-hydrogen) atoms. The minimum Gasteiger partial charge on any atom is -0.320 e. The van der Waals surface area contributed by atoms with Gasteiger partial charge in [-0.2, -0.15) is 0 Å². The van der Waals surface area contributed by atoms with Crippen LogP contribution in [-0.2, 0) is 20.1 Å². The number of hydrogen-bond donors (Lipinski definition) is 0. The van der Waals surface area contributed by atoms with Crippen molar-refractivity contribution in [1.82, 2.24) is 18.7 Å². The van der Waals surface area contributed by atoms with Crippen LogP contribution in [0, 0.1) is 0 Å². The van der Waals surface area contributed by atoms with Crippen molar-refractivity contribution in [1.29, 1.82) is 0 Å². The summed E-state index contributed by atoms with van der Waals surface area (Å²) >= 11 is 3.42. The van der Waals surface area contributed by atoms with Crippen molar-refractivity contribution in [3.8, 4) is 0 Å². The summed E-state index contributed by atoms with van der Waals surface area (Å²) in [6, 6.07) is 17.4. The van der Waals surface area contributed by atoms with Crippen LogP contribution in [0.5, 0.6) is 0 Å². The number of fused-ring (bicyclic) bond motifs is 1. The van der Waals surface area contributed by atoms with E-state index < -0.39 is 0 Å². The first-order chi connectivity index (χ1) is 13.0. The molecule has 2 aromatic carbocycles. The third-order valence-corrected chi connectivity index (χ3v) is 5.02. The summed E-state index contributed by atoms with van der Waals surface area (Å²) in [5.74, 6) is 0. The predicted molar refractivity (Wildman–Crippen MR) is 108 cm³/mol. The number of benzene rings is 2.